The molecule has 0 bridgehead atoms. The Labute approximate surface area is 180 Å². The standard InChI is InChI=1S/C23H24Cl2N2O2/c24-19-7-4-8-20(25)17(19)13-18-21(26-23(29)27-22(18)28)16-11-9-15(10-12-16)14-5-2-1-3-6-14/h1-8,15-16,23,26,29H,9-13H2,(H,27,28)/t15-,16-,23?. The molecule has 1 atom stereocenters. The third-order valence-corrected chi connectivity index (χ3v) is 6.69. The number of rotatable bonds is 4. The topological polar surface area (TPSA) is 61.4 Å². The van der Waals surface area contributed by atoms with Gasteiger partial charge in [-0.15, -0.1) is 0 Å². The first-order chi connectivity index (χ1) is 14.0. The predicted molar refractivity (Wildman–Crippen MR) is 116 cm³/mol. The highest BCUT2D eigenvalue weighted by Gasteiger charge is 2.33. The van der Waals surface area contributed by atoms with E-state index in [2.05, 4.69) is 34.9 Å². The molecule has 1 fully saturated rings. The van der Waals surface area contributed by atoms with Crippen molar-refractivity contribution in [2.75, 3.05) is 0 Å². The Kier molecular flexibility index (Phi) is 6.14. The highest BCUT2D eigenvalue weighted by atomic mass is 35.5. The Hall–Kier alpha value is -2.01. The number of amides is 1. The summed E-state index contributed by atoms with van der Waals surface area (Å²) in [4.78, 5) is 12.7. The number of benzene rings is 2. The number of carbonyl (C=O) groups excluding carboxylic acids is 1. The molecule has 2 aromatic carbocycles. The molecule has 152 valence electrons. The minimum absolute atomic E-state index is 0.201. The Morgan fingerprint density at radius 1 is 0.862 bits per heavy atom. The Morgan fingerprint density at radius 2 is 1.48 bits per heavy atom. The van der Waals surface area contributed by atoms with Crippen LogP contribution in [-0.2, 0) is 11.2 Å². The van der Waals surface area contributed by atoms with Crippen molar-refractivity contribution in [1.29, 1.82) is 0 Å². The Morgan fingerprint density at radius 3 is 2.14 bits per heavy atom. The minimum Gasteiger partial charge on any atom is -0.356 e. The minimum atomic E-state index is -1.07. The summed E-state index contributed by atoms with van der Waals surface area (Å²) in [5, 5.41) is 16.8. The molecule has 29 heavy (non-hydrogen) atoms. The molecule has 1 unspecified atom stereocenters. The molecule has 2 aromatic rings. The SMILES string of the molecule is O=C1NC(O)NC([C@H]2CC[C@H](c3ccccc3)CC2)=C1Cc1c(Cl)cccc1Cl. The third kappa shape index (κ3) is 4.45. The van der Waals surface area contributed by atoms with Crippen LogP contribution in [0.3, 0.4) is 0 Å². The van der Waals surface area contributed by atoms with E-state index in [-0.39, 0.29) is 11.8 Å². The maximum atomic E-state index is 12.7. The first-order valence-electron chi connectivity index (χ1n) is 9.99. The maximum Gasteiger partial charge on any atom is 0.252 e. The van der Waals surface area contributed by atoms with Gasteiger partial charge in [0.05, 0.1) is 0 Å². The van der Waals surface area contributed by atoms with Gasteiger partial charge in [-0.1, -0.05) is 59.6 Å². The van der Waals surface area contributed by atoms with Gasteiger partial charge in [-0.3, -0.25) is 4.79 Å². The van der Waals surface area contributed by atoms with E-state index in [4.69, 9.17) is 23.2 Å². The van der Waals surface area contributed by atoms with Crippen molar-refractivity contribution < 1.29 is 9.90 Å². The molecule has 4 nitrogen and oxygen atoms in total. The quantitative estimate of drug-likeness (QED) is 0.654. The van der Waals surface area contributed by atoms with Gasteiger partial charge >= 0.3 is 0 Å². The molecular weight excluding hydrogens is 407 g/mol. The first kappa shape index (κ1) is 20.3. The van der Waals surface area contributed by atoms with E-state index in [1.54, 1.807) is 18.2 Å². The van der Waals surface area contributed by atoms with Crippen molar-refractivity contribution in [2.45, 2.75) is 44.4 Å². The zero-order valence-corrected chi connectivity index (χ0v) is 17.5. The second-order valence-electron chi connectivity index (χ2n) is 7.75. The van der Waals surface area contributed by atoms with Crippen molar-refractivity contribution in [3.63, 3.8) is 0 Å². The molecule has 2 aliphatic rings. The van der Waals surface area contributed by atoms with Gasteiger partial charge in [0, 0.05) is 27.7 Å². The van der Waals surface area contributed by atoms with Gasteiger partial charge in [0.25, 0.3) is 5.91 Å². The second-order valence-corrected chi connectivity index (χ2v) is 8.56. The second kappa shape index (κ2) is 8.78. The van der Waals surface area contributed by atoms with Gasteiger partial charge in [-0.25, -0.2) is 0 Å². The van der Waals surface area contributed by atoms with E-state index in [1.807, 2.05) is 6.07 Å². The lowest BCUT2D eigenvalue weighted by Crippen LogP contribution is -2.52. The van der Waals surface area contributed by atoms with E-state index in [1.165, 1.54) is 5.56 Å². The number of hydrogen-bond acceptors (Lipinski definition) is 3. The fourth-order valence-electron chi connectivity index (χ4n) is 4.46. The predicted octanol–water partition coefficient (Wildman–Crippen LogP) is 4.76. The van der Waals surface area contributed by atoms with Gasteiger partial charge in [-0.2, -0.15) is 0 Å². The van der Waals surface area contributed by atoms with Crippen LogP contribution < -0.4 is 10.6 Å². The highest BCUT2D eigenvalue weighted by molar-refractivity contribution is 6.36. The summed E-state index contributed by atoms with van der Waals surface area (Å²) in [5.41, 5.74) is 3.53. The zero-order valence-electron chi connectivity index (χ0n) is 16.0. The van der Waals surface area contributed by atoms with Crippen molar-refractivity contribution >= 4 is 29.1 Å². The number of hydrogen-bond donors (Lipinski definition) is 3. The van der Waals surface area contributed by atoms with Crippen LogP contribution in [-0.4, -0.2) is 17.4 Å². The monoisotopic (exact) mass is 430 g/mol. The molecule has 0 aromatic heterocycles. The molecule has 6 heteroatoms. The Balaban J connectivity index is 1.58. The van der Waals surface area contributed by atoms with Gasteiger partial charge in [0.1, 0.15) is 0 Å². The molecule has 1 aliphatic heterocycles. The summed E-state index contributed by atoms with van der Waals surface area (Å²) in [6.07, 6.45) is 3.28. The molecular formula is C23H24Cl2N2O2. The first-order valence-corrected chi connectivity index (χ1v) is 10.7. The van der Waals surface area contributed by atoms with Crippen molar-refractivity contribution in [1.82, 2.24) is 10.6 Å². The van der Waals surface area contributed by atoms with Gasteiger partial charge in [-0.05, 0) is 60.8 Å². The summed E-state index contributed by atoms with van der Waals surface area (Å²) in [6.45, 7) is 0. The molecule has 1 amide bonds. The normalized spacial score (nSPS) is 24.8. The Bertz CT molecular complexity index is 901. The fraction of sp³-hybridized carbons (Fsp3) is 0.348. The molecule has 0 saturated heterocycles. The van der Waals surface area contributed by atoms with Crippen LogP contribution in [0.15, 0.2) is 59.8 Å². The van der Waals surface area contributed by atoms with E-state index in [0.29, 0.717) is 28.0 Å². The number of halogens is 2. The molecule has 1 heterocycles. The average molecular weight is 431 g/mol. The number of carbonyl (C=O) groups is 1. The number of aliphatic hydroxyl groups is 1. The third-order valence-electron chi connectivity index (χ3n) is 5.98. The zero-order chi connectivity index (χ0) is 20.4. The van der Waals surface area contributed by atoms with Crippen LogP contribution in [0.2, 0.25) is 10.0 Å². The fourth-order valence-corrected chi connectivity index (χ4v) is 4.99. The molecule has 0 spiro atoms. The number of aliphatic hydroxyl groups excluding tert-OH is 1. The summed E-state index contributed by atoms with van der Waals surface area (Å²) in [5.74, 6) is 0.469. The van der Waals surface area contributed by atoms with Crippen molar-refractivity contribution in [2.24, 2.45) is 5.92 Å². The van der Waals surface area contributed by atoms with E-state index >= 15 is 0 Å². The lowest BCUT2D eigenvalue weighted by molar-refractivity contribution is -0.122. The van der Waals surface area contributed by atoms with Gasteiger partial charge in [0.15, 0.2) is 0 Å². The molecule has 3 N–H and O–H groups in total. The van der Waals surface area contributed by atoms with Crippen LogP contribution in [0.25, 0.3) is 0 Å². The maximum absolute atomic E-state index is 12.7. The van der Waals surface area contributed by atoms with Crippen LogP contribution >= 0.6 is 23.2 Å². The van der Waals surface area contributed by atoms with E-state index < -0.39 is 6.35 Å². The van der Waals surface area contributed by atoms with Crippen molar-refractivity contribution in [3.8, 4) is 0 Å². The smallest absolute Gasteiger partial charge is 0.252 e. The lowest BCUT2D eigenvalue weighted by Gasteiger charge is -2.35. The van der Waals surface area contributed by atoms with E-state index in [0.717, 1.165) is 36.9 Å². The number of allylic oxidation sites excluding steroid dienone is 1. The summed E-state index contributed by atoms with van der Waals surface area (Å²) in [6, 6.07) is 15.9. The molecule has 1 aliphatic carbocycles. The van der Waals surface area contributed by atoms with Crippen LogP contribution in [0.4, 0.5) is 0 Å². The van der Waals surface area contributed by atoms with Crippen LogP contribution in [0.5, 0.6) is 0 Å². The van der Waals surface area contributed by atoms with Crippen LogP contribution in [0.1, 0.15) is 42.7 Å². The largest absolute Gasteiger partial charge is 0.356 e. The lowest BCUT2D eigenvalue weighted by atomic mass is 9.76. The molecule has 0 radical (unpaired) electrons. The van der Waals surface area contributed by atoms with E-state index in [9.17, 15) is 9.90 Å². The van der Waals surface area contributed by atoms with Crippen LogP contribution in [0, 0.1) is 5.92 Å². The van der Waals surface area contributed by atoms with Gasteiger partial charge in [0.2, 0.25) is 6.35 Å². The highest BCUT2D eigenvalue weighted by Crippen LogP contribution is 2.40. The summed E-state index contributed by atoms with van der Waals surface area (Å²) < 4.78 is 0. The van der Waals surface area contributed by atoms with Gasteiger partial charge < -0.3 is 15.7 Å². The summed E-state index contributed by atoms with van der Waals surface area (Å²) >= 11 is 12.7. The average Bonchev–Trinajstić information content (AvgIpc) is 2.72. The molecule has 4 rings (SSSR count). The number of nitrogens with one attached hydrogen (secondary N) is 2. The van der Waals surface area contributed by atoms with Crippen molar-refractivity contribution in [3.05, 3.63) is 81.0 Å². The summed E-state index contributed by atoms with van der Waals surface area (Å²) in [7, 11) is 0. The molecule has 1 saturated carbocycles.